The van der Waals surface area contributed by atoms with Gasteiger partial charge in [0.05, 0.1) is 0 Å². The number of anilines is 1. The first-order chi connectivity index (χ1) is 14.4. The number of nitrogens with one attached hydrogen (secondary N) is 1. The van der Waals surface area contributed by atoms with E-state index in [1.165, 1.54) is 16.8 Å². The van der Waals surface area contributed by atoms with E-state index in [2.05, 4.69) is 15.4 Å². The third-order valence-corrected chi connectivity index (χ3v) is 5.78. The third-order valence-electron chi connectivity index (χ3n) is 5.55. The molecule has 2 atom stereocenters. The molecule has 2 aliphatic rings. The number of hydrogen-bond donors (Lipinski definition) is 1. The number of carbonyl (C=O) groups excluding carboxylic acids is 1. The summed E-state index contributed by atoms with van der Waals surface area (Å²) in [5, 5.41) is 8.21. The first-order valence-corrected chi connectivity index (χ1v) is 9.94. The number of allylic oxidation sites excluding steroid dienone is 2. The molecule has 0 amide bonds. The average Bonchev–Trinajstić information content (AvgIpc) is 3.05. The van der Waals surface area contributed by atoms with E-state index in [-0.39, 0.29) is 18.1 Å². The van der Waals surface area contributed by atoms with Gasteiger partial charge in [-0.15, -0.1) is 0 Å². The highest BCUT2D eigenvalue weighted by Gasteiger charge is 2.39. The van der Waals surface area contributed by atoms with Crippen LogP contribution in [0.1, 0.15) is 41.8 Å². The normalized spacial score (nSPS) is 20.6. The van der Waals surface area contributed by atoms with Crippen molar-refractivity contribution >= 4 is 23.3 Å². The van der Waals surface area contributed by atoms with Crippen LogP contribution in [0.3, 0.4) is 0 Å². The fourth-order valence-electron chi connectivity index (χ4n) is 4.36. The van der Waals surface area contributed by atoms with Crippen molar-refractivity contribution in [2.75, 3.05) is 5.32 Å². The molecule has 3 aromatic rings. The van der Waals surface area contributed by atoms with Gasteiger partial charge in [0.25, 0.3) is 0 Å². The number of hydrogen-bond acceptors (Lipinski definition) is 4. The molecule has 0 saturated heterocycles. The number of fused-ring (bicyclic) bond motifs is 1. The van der Waals surface area contributed by atoms with Crippen molar-refractivity contribution in [1.82, 2.24) is 14.8 Å². The predicted octanol–water partition coefficient (Wildman–Crippen LogP) is 4.93. The monoisotopic (exact) mass is 426 g/mol. The molecule has 152 valence electrons. The summed E-state index contributed by atoms with van der Waals surface area (Å²) in [6.45, 7) is 1.73. The van der Waals surface area contributed by atoms with Crippen molar-refractivity contribution in [2.45, 2.75) is 31.7 Å². The number of benzene rings is 2. The van der Waals surface area contributed by atoms with Crippen LogP contribution in [0.5, 0.6) is 0 Å². The number of halogens is 3. The van der Waals surface area contributed by atoms with Gasteiger partial charge in [-0.3, -0.25) is 4.79 Å². The minimum atomic E-state index is -0.740. The molecule has 1 aliphatic carbocycles. The van der Waals surface area contributed by atoms with Crippen LogP contribution >= 0.6 is 11.6 Å². The molecular formula is C22H17ClF2N4O. The maximum absolute atomic E-state index is 14.0. The summed E-state index contributed by atoms with van der Waals surface area (Å²) in [4.78, 5) is 17.7. The smallest absolute Gasteiger partial charge is 0.226 e. The number of rotatable bonds is 2. The van der Waals surface area contributed by atoms with E-state index in [1.807, 2.05) is 18.2 Å². The van der Waals surface area contributed by atoms with Crippen molar-refractivity contribution in [2.24, 2.45) is 0 Å². The zero-order valence-corrected chi connectivity index (χ0v) is 16.8. The van der Waals surface area contributed by atoms with Crippen LogP contribution in [0.4, 0.5) is 14.7 Å². The zero-order chi connectivity index (χ0) is 21.0. The lowest BCUT2D eigenvalue weighted by atomic mass is 9.78. The van der Waals surface area contributed by atoms with Crippen molar-refractivity contribution in [3.8, 4) is 0 Å². The fraction of sp³-hybridized carbons (Fsp3) is 0.227. The first kappa shape index (κ1) is 18.9. The molecule has 5 nitrogen and oxygen atoms in total. The minimum absolute atomic E-state index is 0.0529. The van der Waals surface area contributed by atoms with E-state index in [1.54, 1.807) is 13.0 Å². The van der Waals surface area contributed by atoms with Gasteiger partial charge in [0.1, 0.15) is 23.5 Å². The van der Waals surface area contributed by atoms with Crippen LogP contribution in [0, 0.1) is 18.6 Å². The van der Waals surface area contributed by atoms with Crippen LogP contribution in [0.2, 0.25) is 5.02 Å². The molecule has 1 aromatic heterocycles. The van der Waals surface area contributed by atoms with Gasteiger partial charge in [0.2, 0.25) is 5.95 Å². The Labute approximate surface area is 176 Å². The Balaban J connectivity index is 1.63. The predicted molar refractivity (Wildman–Crippen MR) is 108 cm³/mol. The lowest BCUT2D eigenvalue weighted by molar-refractivity contribution is -0.116. The van der Waals surface area contributed by atoms with Crippen LogP contribution in [0.15, 0.2) is 53.7 Å². The Hall–Kier alpha value is -3.06. The summed E-state index contributed by atoms with van der Waals surface area (Å²) >= 11 is 6.14. The quantitative estimate of drug-likeness (QED) is 0.631. The molecular weight excluding hydrogens is 410 g/mol. The van der Waals surface area contributed by atoms with Crippen LogP contribution in [0.25, 0.3) is 0 Å². The summed E-state index contributed by atoms with van der Waals surface area (Å²) in [5.41, 5.74) is 2.46. The highest BCUT2D eigenvalue weighted by molar-refractivity contribution is 6.30. The topological polar surface area (TPSA) is 59.8 Å². The number of aromatic nitrogens is 3. The number of Topliss-reactive ketones (excluding diaryl/α,β-unsaturated/α-hetero) is 1. The van der Waals surface area contributed by atoms with Crippen molar-refractivity contribution in [1.29, 1.82) is 0 Å². The summed E-state index contributed by atoms with van der Waals surface area (Å²) in [7, 11) is 0. The van der Waals surface area contributed by atoms with Gasteiger partial charge >= 0.3 is 0 Å². The SMILES string of the molecule is Cc1nc2n(n1)C(c1cc(F)cc(F)c1)C1=C(CC(c3cccc(Cl)c3)CC1=O)N2. The van der Waals surface area contributed by atoms with Gasteiger partial charge in [-0.2, -0.15) is 10.1 Å². The molecule has 30 heavy (non-hydrogen) atoms. The first-order valence-electron chi connectivity index (χ1n) is 9.57. The van der Waals surface area contributed by atoms with Crippen LogP contribution in [-0.4, -0.2) is 20.5 Å². The summed E-state index contributed by atoms with van der Waals surface area (Å²) in [5.74, 6) is -0.614. The second-order valence-corrected chi connectivity index (χ2v) is 8.07. The fourth-order valence-corrected chi connectivity index (χ4v) is 4.55. The summed E-state index contributed by atoms with van der Waals surface area (Å²) in [6.07, 6.45) is 0.833. The highest BCUT2D eigenvalue weighted by Crippen LogP contribution is 2.44. The van der Waals surface area contributed by atoms with E-state index in [0.29, 0.717) is 40.0 Å². The molecule has 2 heterocycles. The highest BCUT2D eigenvalue weighted by atomic mass is 35.5. The molecule has 0 spiro atoms. The van der Waals surface area contributed by atoms with E-state index in [4.69, 9.17) is 11.6 Å². The maximum Gasteiger partial charge on any atom is 0.226 e. The number of ketones is 1. The average molecular weight is 427 g/mol. The second-order valence-electron chi connectivity index (χ2n) is 7.63. The molecule has 0 radical (unpaired) electrons. The number of aryl methyl sites for hydroxylation is 1. The standard InChI is InChI=1S/C22H17ClF2N4O/c1-11-26-22-27-18-8-13(12-3-2-4-15(23)5-12)9-19(30)20(18)21(29(22)28-11)14-6-16(24)10-17(25)7-14/h2-7,10,13,21H,8-9H2,1H3,(H,26,27,28). The van der Waals surface area contributed by atoms with Gasteiger partial charge in [0, 0.05) is 28.8 Å². The number of carbonyl (C=O) groups is 1. The lowest BCUT2D eigenvalue weighted by Gasteiger charge is -2.35. The molecule has 8 heteroatoms. The van der Waals surface area contributed by atoms with Crippen molar-refractivity contribution in [3.63, 3.8) is 0 Å². The lowest BCUT2D eigenvalue weighted by Crippen LogP contribution is -2.33. The van der Waals surface area contributed by atoms with E-state index >= 15 is 0 Å². The summed E-state index contributed by atoms with van der Waals surface area (Å²) in [6, 6.07) is 10.0. The van der Waals surface area contributed by atoms with Gasteiger partial charge in [0.15, 0.2) is 5.78 Å². The Bertz CT molecular complexity index is 1200. The molecule has 5 rings (SSSR count). The van der Waals surface area contributed by atoms with Gasteiger partial charge in [-0.25, -0.2) is 13.5 Å². The van der Waals surface area contributed by atoms with Crippen LogP contribution in [-0.2, 0) is 4.79 Å². The number of nitrogens with zero attached hydrogens (tertiary/aromatic N) is 3. The summed E-state index contributed by atoms with van der Waals surface area (Å²) < 4.78 is 29.5. The maximum atomic E-state index is 14.0. The molecule has 1 N–H and O–H groups in total. The Morgan fingerprint density at radius 1 is 1.10 bits per heavy atom. The van der Waals surface area contributed by atoms with Crippen molar-refractivity contribution in [3.05, 3.63) is 87.3 Å². The molecule has 2 unspecified atom stereocenters. The van der Waals surface area contributed by atoms with E-state index in [9.17, 15) is 13.6 Å². The molecule has 0 bridgehead atoms. The Morgan fingerprint density at radius 3 is 2.60 bits per heavy atom. The molecule has 1 aliphatic heterocycles. The van der Waals surface area contributed by atoms with Crippen LogP contribution < -0.4 is 5.32 Å². The molecule has 0 fully saturated rings. The van der Waals surface area contributed by atoms with Gasteiger partial charge in [-0.1, -0.05) is 23.7 Å². The second kappa shape index (κ2) is 7.02. The minimum Gasteiger partial charge on any atom is -0.328 e. The third kappa shape index (κ3) is 3.19. The van der Waals surface area contributed by atoms with Crippen molar-refractivity contribution < 1.29 is 13.6 Å². The Morgan fingerprint density at radius 2 is 1.87 bits per heavy atom. The van der Waals surface area contributed by atoms with E-state index < -0.39 is 17.7 Å². The Kier molecular flexibility index (Phi) is 4.43. The van der Waals surface area contributed by atoms with Gasteiger partial charge < -0.3 is 5.32 Å². The van der Waals surface area contributed by atoms with Gasteiger partial charge in [-0.05, 0) is 54.7 Å². The largest absolute Gasteiger partial charge is 0.328 e. The van der Waals surface area contributed by atoms with E-state index in [0.717, 1.165) is 11.6 Å². The molecule has 2 aromatic carbocycles. The zero-order valence-electron chi connectivity index (χ0n) is 16.0. The molecule has 0 saturated carbocycles.